The van der Waals surface area contributed by atoms with Gasteiger partial charge in [-0.1, -0.05) is 68.4 Å². The number of carbonyl (C=O) groups is 2. The lowest BCUT2D eigenvalue weighted by Crippen LogP contribution is -2.49. The van der Waals surface area contributed by atoms with Gasteiger partial charge in [0.05, 0.1) is 4.90 Å². The first-order valence-corrected chi connectivity index (χ1v) is 14.1. The first-order chi connectivity index (χ1) is 18.0. The summed E-state index contributed by atoms with van der Waals surface area (Å²) < 4.78 is 34.1. The quantitative estimate of drug-likeness (QED) is 0.365. The molecule has 0 saturated carbocycles. The monoisotopic (exact) mass is 540 g/mol. The smallest absolute Gasteiger partial charge is 0.263 e. The van der Waals surface area contributed by atoms with E-state index < -0.39 is 16.1 Å². The van der Waals surface area contributed by atoms with Gasteiger partial charge in [0.1, 0.15) is 11.8 Å². The molecule has 3 aromatic rings. The van der Waals surface area contributed by atoms with Crippen molar-refractivity contribution in [1.82, 2.24) is 15.4 Å². The molecular formula is C28H36N4O5S. The Bertz CT molecular complexity index is 1380. The molecule has 2 aromatic carbocycles. The van der Waals surface area contributed by atoms with Crippen molar-refractivity contribution in [2.45, 2.75) is 64.9 Å². The van der Waals surface area contributed by atoms with Gasteiger partial charge >= 0.3 is 0 Å². The van der Waals surface area contributed by atoms with E-state index in [0.29, 0.717) is 28.9 Å². The number of benzene rings is 2. The highest BCUT2D eigenvalue weighted by Crippen LogP contribution is 2.30. The Kier molecular flexibility index (Phi) is 9.32. The molecule has 0 radical (unpaired) electrons. The molecule has 0 bridgehead atoms. The molecule has 1 heterocycles. The van der Waals surface area contributed by atoms with Crippen molar-refractivity contribution < 1.29 is 22.5 Å². The Labute approximate surface area is 224 Å². The van der Waals surface area contributed by atoms with Crippen LogP contribution in [0, 0.1) is 19.8 Å². The number of amides is 2. The Hall–Kier alpha value is -3.66. The highest BCUT2D eigenvalue weighted by molar-refractivity contribution is 7.92. The van der Waals surface area contributed by atoms with E-state index in [1.807, 2.05) is 38.1 Å². The number of nitrogens with one attached hydrogen (secondary N) is 2. The molecule has 2 amide bonds. The summed E-state index contributed by atoms with van der Waals surface area (Å²) >= 11 is 0. The minimum absolute atomic E-state index is 0.104. The predicted octanol–water partition coefficient (Wildman–Crippen LogP) is 4.66. The van der Waals surface area contributed by atoms with Crippen molar-refractivity contribution in [2.24, 2.45) is 5.92 Å². The first kappa shape index (κ1) is 28.9. The molecule has 204 valence electrons. The topological polar surface area (TPSA) is 122 Å². The van der Waals surface area contributed by atoms with E-state index in [1.54, 1.807) is 50.9 Å². The van der Waals surface area contributed by atoms with Crippen LogP contribution >= 0.6 is 0 Å². The zero-order valence-electron chi connectivity index (χ0n) is 22.7. The highest BCUT2D eigenvalue weighted by atomic mass is 32.2. The van der Waals surface area contributed by atoms with Crippen molar-refractivity contribution >= 4 is 27.7 Å². The number of hydrogen-bond donors (Lipinski definition) is 2. The van der Waals surface area contributed by atoms with Crippen LogP contribution in [0.4, 0.5) is 5.82 Å². The lowest BCUT2D eigenvalue weighted by molar-refractivity contribution is -0.141. The van der Waals surface area contributed by atoms with Crippen molar-refractivity contribution in [3.05, 3.63) is 65.4 Å². The third-order valence-electron chi connectivity index (χ3n) is 6.43. The van der Waals surface area contributed by atoms with Crippen LogP contribution in [0.5, 0.6) is 0 Å². The normalized spacial score (nSPS) is 12.3. The molecule has 0 fully saturated rings. The highest BCUT2D eigenvalue weighted by Gasteiger charge is 2.29. The summed E-state index contributed by atoms with van der Waals surface area (Å²) in [5, 5.41) is 6.50. The van der Waals surface area contributed by atoms with E-state index in [0.717, 1.165) is 5.56 Å². The van der Waals surface area contributed by atoms with E-state index in [-0.39, 0.29) is 41.4 Å². The number of nitrogens with zero attached hydrogens (tertiary/aromatic N) is 2. The van der Waals surface area contributed by atoms with Crippen LogP contribution in [0.2, 0.25) is 0 Å². The largest absolute Gasteiger partial charge is 0.359 e. The van der Waals surface area contributed by atoms with Crippen molar-refractivity contribution in [2.75, 3.05) is 11.8 Å². The molecule has 0 unspecified atom stereocenters. The third kappa shape index (κ3) is 6.61. The number of rotatable bonds is 11. The lowest BCUT2D eigenvalue weighted by Gasteiger charge is -2.31. The summed E-state index contributed by atoms with van der Waals surface area (Å²) in [7, 11) is -2.38. The Morgan fingerprint density at radius 1 is 1.05 bits per heavy atom. The number of carbonyl (C=O) groups excluding carboxylic acids is 2. The van der Waals surface area contributed by atoms with E-state index in [2.05, 4.69) is 15.2 Å². The second-order valence-electron chi connectivity index (χ2n) is 9.65. The molecule has 9 nitrogen and oxygen atoms in total. The predicted molar refractivity (Wildman–Crippen MR) is 147 cm³/mol. The van der Waals surface area contributed by atoms with Gasteiger partial charge in [-0.25, -0.2) is 8.42 Å². The maximum absolute atomic E-state index is 13.3. The zero-order chi connectivity index (χ0) is 28.0. The minimum atomic E-state index is -3.95. The van der Waals surface area contributed by atoms with Gasteiger partial charge in [-0.05, 0) is 43.4 Å². The number of aromatic nitrogens is 1. The molecule has 0 aliphatic rings. The fourth-order valence-corrected chi connectivity index (χ4v) is 5.47. The molecule has 2 N–H and O–H groups in total. The number of likely N-dealkylation sites (N-methyl/N-ethyl adjacent to an activating group) is 1. The van der Waals surface area contributed by atoms with Crippen LogP contribution in [0.25, 0.3) is 11.1 Å². The molecule has 0 aliphatic carbocycles. The maximum atomic E-state index is 13.3. The second kappa shape index (κ2) is 12.3. The van der Waals surface area contributed by atoms with Gasteiger partial charge in [-0.15, -0.1) is 0 Å². The fraction of sp³-hybridized carbons (Fsp3) is 0.393. The zero-order valence-corrected chi connectivity index (χ0v) is 23.6. The van der Waals surface area contributed by atoms with E-state index in [4.69, 9.17) is 4.52 Å². The van der Waals surface area contributed by atoms with Crippen LogP contribution < -0.4 is 10.0 Å². The van der Waals surface area contributed by atoms with Crippen molar-refractivity contribution in [3.8, 4) is 11.1 Å². The van der Waals surface area contributed by atoms with E-state index in [9.17, 15) is 18.0 Å². The summed E-state index contributed by atoms with van der Waals surface area (Å²) in [6.07, 6.45) is 0.832. The minimum Gasteiger partial charge on any atom is -0.359 e. The molecule has 0 spiro atoms. The van der Waals surface area contributed by atoms with Gasteiger partial charge in [0, 0.05) is 31.1 Å². The Balaban J connectivity index is 1.91. The van der Waals surface area contributed by atoms with Gasteiger partial charge in [-0.3, -0.25) is 14.3 Å². The SMILES string of the molecule is CCC(=O)N(Cc1ccc(-c2ccccc2S(=O)(=O)Nc2noc(C)c2C)cc1)[C@@H](CC(C)C)C(=O)NC. The van der Waals surface area contributed by atoms with Crippen LogP contribution in [0.3, 0.4) is 0 Å². The molecule has 0 aliphatic heterocycles. The van der Waals surface area contributed by atoms with E-state index in [1.165, 1.54) is 6.07 Å². The summed E-state index contributed by atoms with van der Waals surface area (Å²) in [6.45, 7) is 9.53. The van der Waals surface area contributed by atoms with Gasteiger partial charge in [0.15, 0.2) is 5.82 Å². The standard InChI is InChI=1S/C28H36N4O5S/c1-7-26(33)32(24(16-18(2)3)28(34)29-6)17-21-12-14-22(15-13-21)23-10-8-9-11-25(23)38(35,36)31-27-19(4)20(5)37-30-27/h8-15,18,24H,7,16-17H2,1-6H3,(H,29,34)(H,30,31)/t24-/m0/s1. The number of sulfonamides is 1. The molecule has 3 rings (SSSR count). The molecule has 1 atom stereocenters. The molecule has 0 saturated heterocycles. The van der Waals surface area contributed by atoms with Crippen LogP contribution in [0.1, 0.15) is 50.5 Å². The summed E-state index contributed by atoms with van der Waals surface area (Å²) in [5.41, 5.74) is 2.67. The average molecular weight is 541 g/mol. The van der Waals surface area contributed by atoms with Crippen molar-refractivity contribution in [3.63, 3.8) is 0 Å². The molecule has 10 heteroatoms. The van der Waals surface area contributed by atoms with Gasteiger partial charge in [0.25, 0.3) is 10.0 Å². The summed E-state index contributed by atoms with van der Waals surface area (Å²) in [5.74, 6) is 0.615. The fourth-order valence-electron chi connectivity index (χ4n) is 4.19. The maximum Gasteiger partial charge on any atom is 0.263 e. The number of hydrogen-bond acceptors (Lipinski definition) is 6. The van der Waals surface area contributed by atoms with Gasteiger partial charge in [0.2, 0.25) is 11.8 Å². The average Bonchev–Trinajstić information content (AvgIpc) is 3.21. The van der Waals surface area contributed by atoms with Crippen molar-refractivity contribution in [1.29, 1.82) is 0 Å². The molecule has 38 heavy (non-hydrogen) atoms. The number of aryl methyl sites for hydroxylation is 1. The first-order valence-electron chi connectivity index (χ1n) is 12.6. The number of anilines is 1. The Morgan fingerprint density at radius 2 is 1.71 bits per heavy atom. The van der Waals surface area contributed by atoms with Crippen LogP contribution in [-0.4, -0.2) is 43.4 Å². The van der Waals surface area contributed by atoms with Gasteiger partial charge in [-0.2, -0.15) is 0 Å². The van der Waals surface area contributed by atoms with Crippen LogP contribution in [0.15, 0.2) is 57.9 Å². The second-order valence-corrected chi connectivity index (χ2v) is 11.3. The molecule has 1 aromatic heterocycles. The molecular weight excluding hydrogens is 504 g/mol. The Morgan fingerprint density at radius 3 is 2.26 bits per heavy atom. The summed E-state index contributed by atoms with van der Waals surface area (Å²) in [6, 6.07) is 13.5. The van der Waals surface area contributed by atoms with E-state index >= 15 is 0 Å². The third-order valence-corrected chi connectivity index (χ3v) is 7.82. The summed E-state index contributed by atoms with van der Waals surface area (Å²) in [4.78, 5) is 27.2. The van der Waals surface area contributed by atoms with Gasteiger partial charge < -0.3 is 14.7 Å². The lowest BCUT2D eigenvalue weighted by atomic mass is 9.99. The van der Waals surface area contributed by atoms with Crippen LogP contribution in [-0.2, 0) is 26.2 Å².